The maximum Gasteiger partial charge on any atom is 0.0107 e. The van der Waals surface area contributed by atoms with E-state index in [0.717, 1.165) is 5.92 Å². The normalized spacial score (nSPS) is 22.6. The van der Waals surface area contributed by atoms with Gasteiger partial charge in [0.2, 0.25) is 0 Å². The predicted molar refractivity (Wildman–Crippen MR) is 90.3 cm³/mol. The number of likely N-dealkylation sites (tertiary alicyclic amines) is 1. The van der Waals surface area contributed by atoms with Gasteiger partial charge in [0, 0.05) is 19.1 Å². The molecule has 1 rings (SSSR count). The smallest absolute Gasteiger partial charge is 0.0107 e. The molecule has 0 amide bonds. The van der Waals surface area contributed by atoms with Crippen LogP contribution >= 0.6 is 0 Å². The molecular weight excluding hydrogens is 244 g/mol. The van der Waals surface area contributed by atoms with E-state index < -0.39 is 0 Å². The number of nitrogens with zero attached hydrogens (tertiary/aromatic N) is 1. The van der Waals surface area contributed by atoms with Gasteiger partial charge in [-0.05, 0) is 51.6 Å². The summed E-state index contributed by atoms with van der Waals surface area (Å²) in [5, 5.41) is 3.70. The average Bonchev–Trinajstić information content (AvgIpc) is 2.65. The molecule has 0 radical (unpaired) electrons. The number of hydrogen-bond acceptors (Lipinski definition) is 2. The highest BCUT2D eigenvalue weighted by Crippen LogP contribution is 2.21. The van der Waals surface area contributed by atoms with Crippen molar-refractivity contribution in [1.29, 1.82) is 0 Å². The number of nitrogens with one attached hydrogen (secondary N) is 1. The van der Waals surface area contributed by atoms with Crippen molar-refractivity contribution >= 4 is 0 Å². The fourth-order valence-corrected chi connectivity index (χ4v) is 3.42. The van der Waals surface area contributed by atoms with Crippen molar-refractivity contribution in [2.24, 2.45) is 5.92 Å². The molecule has 0 spiro atoms. The lowest BCUT2D eigenvalue weighted by Gasteiger charge is -2.22. The van der Waals surface area contributed by atoms with Gasteiger partial charge in [-0.2, -0.15) is 0 Å². The van der Waals surface area contributed by atoms with E-state index in [1.165, 1.54) is 84.0 Å². The summed E-state index contributed by atoms with van der Waals surface area (Å²) in [7, 11) is 0. The van der Waals surface area contributed by atoms with Crippen LogP contribution in [0.4, 0.5) is 0 Å². The lowest BCUT2D eigenvalue weighted by molar-refractivity contribution is 0.273. The Morgan fingerprint density at radius 3 is 2.70 bits per heavy atom. The van der Waals surface area contributed by atoms with Gasteiger partial charge in [-0.3, -0.25) is 0 Å². The summed E-state index contributed by atoms with van der Waals surface area (Å²) in [5.74, 6) is 1.01. The topological polar surface area (TPSA) is 15.3 Å². The highest BCUT2D eigenvalue weighted by Gasteiger charge is 2.15. The second-order valence-corrected chi connectivity index (χ2v) is 6.78. The molecule has 0 saturated carbocycles. The van der Waals surface area contributed by atoms with Crippen molar-refractivity contribution in [2.45, 2.75) is 84.6 Å². The molecule has 0 aromatic rings. The standard InChI is InChI=1S/C18H38N2/c1-4-6-7-10-17(3)19-13-16-20-14-8-11-18(9-5-2)12-15-20/h17-19H,4-16H2,1-3H3. The molecule has 1 fully saturated rings. The lowest BCUT2D eigenvalue weighted by Crippen LogP contribution is -2.36. The molecule has 1 saturated heterocycles. The Morgan fingerprint density at radius 2 is 1.95 bits per heavy atom. The third-order valence-electron chi connectivity index (χ3n) is 4.80. The first-order valence-corrected chi connectivity index (χ1v) is 9.22. The summed E-state index contributed by atoms with van der Waals surface area (Å²) in [6.45, 7) is 12.0. The molecule has 1 aliphatic heterocycles. The van der Waals surface area contributed by atoms with Crippen LogP contribution in [-0.2, 0) is 0 Å². The summed E-state index contributed by atoms with van der Waals surface area (Å²) in [6, 6.07) is 0.696. The van der Waals surface area contributed by atoms with Gasteiger partial charge in [-0.15, -0.1) is 0 Å². The van der Waals surface area contributed by atoms with Crippen molar-refractivity contribution in [1.82, 2.24) is 10.2 Å². The van der Waals surface area contributed by atoms with Crippen molar-refractivity contribution < 1.29 is 0 Å². The van der Waals surface area contributed by atoms with E-state index in [-0.39, 0.29) is 0 Å². The average molecular weight is 283 g/mol. The van der Waals surface area contributed by atoms with E-state index in [1.807, 2.05) is 0 Å². The van der Waals surface area contributed by atoms with Crippen LogP contribution in [0.2, 0.25) is 0 Å². The van der Waals surface area contributed by atoms with E-state index in [1.54, 1.807) is 0 Å². The van der Waals surface area contributed by atoms with Gasteiger partial charge in [-0.1, -0.05) is 46.0 Å². The van der Waals surface area contributed by atoms with Crippen molar-refractivity contribution in [2.75, 3.05) is 26.2 Å². The van der Waals surface area contributed by atoms with Gasteiger partial charge in [-0.25, -0.2) is 0 Å². The third kappa shape index (κ3) is 8.26. The number of unbranched alkanes of at least 4 members (excludes halogenated alkanes) is 2. The van der Waals surface area contributed by atoms with Crippen LogP contribution in [0.1, 0.15) is 78.6 Å². The van der Waals surface area contributed by atoms with Gasteiger partial charge in [0.15, 0.2) is 0 Å². The summed E-state index contributed by atoms with van der Waals surface area (Å²) in [6.07, 6.45) is 12.6. The Labute approximate surface area is 127 Å². The molecule has 0 bridgehead atoms. The van der Waals surface area contributed by atoms with Crippen LogP contribution in [0, 0.1) is 5.92 Å². The first-order chi connectivity index (χ1) is 9.76. The fourth-order valence-electron chi connectivity index (χ4n) is 3.42. The second kappa shape index (κ2) is 11.6. The number of rotatable bonds is 10. The summed E-state index contributed by atoms with van der Waals surface area (Å²) in [4.78, 5) is 2.68. The molecule has 2 heteroatoms. The van der Waals surface area contributed by atoms with Gasteiger partial charge in [0.25, 0.3) is 0 Å². The van der Waals surface area contributed by atoms with Crippen LogP contribution in [0.25, 0.3) is 0 Å². The quantitative estimate of drug-likeness (QED) is 0.596. The molecule has 2 unspecified atom stereocenters. The minimum Gasteiger partial charge on any atom is -0.313 e. The SMILES string of the molecule is CCCCCC(C)NCCN1CCCC(CCC)CC1. The largest absolute Gasteiger partial charge is 0.313 e. The number of hydrogen-bond donors (Lipinski definition) is 1. The van der Waals surface area contributed by atoms with Gasteiger partial charge in [0.1, 0.15) is 0 Å². The zero-order valence-corrected chi connectivity index (χ0v) is 14.3. The molecule has 2 atom stereocenters. The van der Waals surface area contributed by atoms with Crippen LogP contribution in [0.5, 0.6) is 0 Å². The molecule has 0 aromatic carbocycles. The molecule has 1 heterocycles. The Hall–Kier alpha value is -0.0800. The second-order valence-electron chi connectivity index (χ2n) is 6.78. The van der Waals surface area contributed by atoms with E-state index in [4.69, 9.17) is 0 Å². The molecule has 120 valence electrons. The molecular formula is C18H38N2. The Kier molecular flexibility index (Phi) is 10.4. The Balaban J connectivity index is 2.06. The minimum absolute atomic E-state index is 0.696. The van der Waals surface area contributed by atoms with Crippen molar-refractivity contribution in [3.05, 3.63) is 0 Å². The highest BCUT2D eigenvalue weighted by molar-refractivity contribution is 4.71. The molecule has 2 nitrogen and oxygen atoms in total. The third-order valence-corrected chi connectivity index (χ3v) is 4.80. The van der Waals surface area contributed by atoms with E-state index in [0.29, 0.717) is 6.04 Å². The summed E-state index contributed by atoms with van der Waals surface area (Å²) >= 11 is 0. The first kappa shape index (κ1) is 18.0. The van der Waals surface area contributed by atoms with Gasteiger partial charge in [0.05, 0.1) is 0 Å². The summed E-state index contributed by atoms with van der Waals surface area (Å²) in [5.41, 5.74) is 0. The minimum atomic E-state index is 0.696. The fraction of sp³-hybridized carbons (Fsp3) is 1.00. The van der Waals surface area contributed by atoms with Crippen LogP contribution < -0.4 is 5.32 Å². The van der Waals surface area contributed by atoms with Crippen molar-refractivity contribution in [3.63, 3.8) is 0 Å². The molecule has 1 N–H and O–H groups in total. The van der Waals surface area contributed by atoms with Gasteiger partial charge < -0.3 is 10.2 Å². The maximum absolute atomic E-state index is 3.70. The first-order valence-electron chi connectivity index (χ1n) is 9.22. The molecule has 1 aliphatic rings. The van der Waals surface area contributed by atoms with Crippen molar-refractivity contribution in [3.8, 4) is 0 Å². The lowest BCUT2D eigenvalue weighted by atomic mass is 9.96. The van der Waals surface area contributed by atoms with E-state index in [9.17, 15) is 0 Å². The Bertz CT molecular complexity index is 217. The van der Waals surface area contributed by atoms with Crippen LogP contribution in [0.3, 0.4) is 0 Å². The highest BCUT2D eigenvalue weighted by atomic mass is 15.1. The zero-order chi connectivity index (χ0) is 14.6. The van der Waals surface area contributed by atoms with E-state index in [2.05, 4.69) is 31.0 Å². The van der Waals surface area contributed by atoms with E-state index >= 15 is 0 Å². The Morgan fingerprint density at radius 1 is 1.10 bits per heavy atom. The monoisotopic (exact) mass is 282 g/mol. The predicted octanol–water partition coefficient (Wildman–Crippen LogP) is 4.45. The molecule has 0 aliphatic carbocycles. The van der Waals surface area contributed by atoms with Crippen LogP contribution in [-0.4, -0.2) is 37.1 Å². The van der Waals surface area contributed by atoms with Gasteiger partial charge >= 0.3 is 0 Å². The maximum atomic E-state index is 3.70. The molecule has 0 aromatic heterocycles. The molecule has 20 heavy (non-hydrogen) atoms. The summed E-state index contributed by atoms with van der Waals surface area (Å²) < 4.78 is 0. The van der Waals surface area contributed by atoms with Crippen LogP contribution in [0.15, 0.2) is 0 Å². The zero-order valence-electron chi connectivity index (χ0n) is 14.3.